The summed E-state index contributed by atoms with van der Waals surface area (Å²) < 4.78 is 1.65. The third kappa shape index (κ3) is 4.19. The van der Waals surface area contributed by atoms with Gasteiger partial charge in [0.2, 0.25) is 5.91 Å². The van der Waals surface area contributed by atoms with Gasteiger partial charge in [0.1, 0.15) is 4.83 Å². The maximum absolute atomic E-state index is 13.3. The molecular weight excluding hydrogens is 378 g/mol. The van der Waals surface area contributed by atoms with Gasteiger partial charge in [0.25, 0.3) is 5.56 Å². The van der Waals surface area contributed by atoms with Gasteiger partial charge < -0.3 is 5.32 Å². The monoisotopic (exact) mass is 403 g/mol. The van der Waals surface area contributed by atoms with Gasteiger partial charge in [-0.3, -0.25) is 14.2 Å². The Bertz CT molecular complexity index is 929. The number of fused-ring (bicyclic) bond motifs is 3. The van der Waals surface area contributed by atoms with Crippen LogP contribution in [0.3, 0.4) is 0 Å². The molecule has 0 aromatic carbocycles. The van der Waals surface area contributed by atoms with Gasteiger partial charge in [0.05, 0.1) is 10.6 Å². The Morgan fingerprint density at radius 1 is 1.33 bits per heavy atom. The van der Waals surface area contributed by atoms with Crippen molar-refractivity contribution in [2.45, 2.75) is 56.0 Å². The normalized spacial score (nSPS) is 15.0. The molecule has 2 heterocycles. The van der Waals surface area contributed by atoms with E-state index in [1.54, 1.807) is 28.1 Å². The highest BCUT2D eigenvalue weighted by Crippen LogP contribution is 2.34. The number of amides is 1. The highest BCUT2D eigenvalue weighted by atomic mass is 32.2. The van der Waals surface area contributed by atoms with Gasteiger partial charge in [0.15, 0.2) is 5.16 Å². The number of aryl methyl sites for hydroxylation is 2. The van der Waals surface area contributed by atoms with Crippen LogP contribution >= 0.6 is 23.1 Å². The summed E-state index contributed by atoms with van der Waals surface area (Å²) in [7, 11) is 0. The number of thiophene rings is 1. The van der Waals surface area contributed by atoms with E-state index in [0.29, 0.717) is 18.2 Å². The van der Waals surface area contributed by atoms with Crippen molar-refractivity contribution in [3.63, 3.8) is 0 Å². The molecule has 0 radical (unpaired) electrons. The molecule has 1 atom stereocenters. The van der Waals surface area contributed by atoms with Crippen LogP contribution in [0.2, 0.25) is 0 Å². The van der Waals surface area contributed by atoms with Crippen molar-refractivity contribution in [2.24, 2.45) is 0 Å². The van der Waals surface area contributed by atoms with Gasteiger partial charge in [0, 0.05) is 18.0 Å². The molecule has 1 amide bonds. The predicted octanol–water partition coefficient (Wildman–Crippen LogP) is 3.70. The van der Waals surface area contributed by atoms with Crippen LogP contribution in [0.15, 0.2) is 35.3 Å². The molecule has 0 bridgehead atoms. The van der Waals surface area contributed by atoms with Gasteiger partial charge >= 0.3 is 0 Å². The lowest BCUT2D eigenvalue weighted by Crippen LogP contribution is -2.32. The Balaban J connectivity index is 2.03. The van der Waals surface area contributed by atoms with Gasteiger partial charge in [-0.05, 0) is 38.2 Å². The summed E-state index contributed by atoms with van der Waals surface area (Å²) in [5, 5.41) is 3.78. The number of nitrogens with one attached hydrogen (secondary N) is 1. The molecule has 7 heteroatoms. The molecule has 0 spiro atoms. The van der Waals surface area contributed by atoms with Crippen molar-refractivity contribution < 1.29 is 4.79 Å². The fourth-order valence-electron chi connectivity index (χ4n) is 3.30. The van der Waals surface area contributed by atoms with Crippen LogP contribution in [0, 0.1) is 0 Å². The molecule has 1 N–H and O–H groups in total. The number of thioether (sulfide) groups is 1. The second kappa shape index (κ2) is 8.89. The van der Waals surface area contributed by atoms with Crippen molar-refractivity contribution in [1.82, 2.24) is 14.9 Å². The van der Waals surface area contributed by atoms with Gasteiger partial charge in [-0.1, -0.05) is 30.3 Å². The first kappa shape index (κ1) is 19.9. The third-order valence-corrected chi connectivity index (χ3v) is 6.95. The molecule has 1 aliphatic rings. The fraction of sp³-hybridized carbons (Fsp3) is 0.450. The van der Waals surface area contributed by atoms with E-state index in [9.17, 15) is 9.59 Å². The van der Waals surface area contributed by atoms with Crippen LogP contribution in [0.1, 0.15) is 36.6 Å². The number of rotatable bonds is 7. The van der Waals surface area contributed by atoms with Crippen LogP contribution in [-0.2, 0) is 24.2 Å². The van der Waals surface area contributed by atoms with Crippen molar-refractivity contribution in [1.29, 1.82) is 0 Å². The lowest BCUT2D eigenvalue weighted by molar-refractivity contribution is -0.120. The van der Waals surface area contributed by atoms with Crippen LogP contribution in [0.5, 0.6) is 0 Å². The highest BCUT2D eigenvalue weighted by molar-refractivity contribution is 8.00. The molecule has 0 aliphatic heterocycles. The van der Waals surface area contributed by atoms with Gasteiger partial charge in [-0.15, -0.1) is 24.5 Å². The molecule has 2 aromatic heterocycles. The summed E-state index contributed by atoms with van der Waals surface area (Å²) in [6, 6.07) is 0. The first-order valence-electron chi connectivity index (χ1n) is 9.28. The molecule has 0 unspecified atom stereocenters. The average molecular weight is 404 g/mol. The van der Waals surface area contributed by atoms with E-state index in [4.69, 9.17) is 4.98 Å². The molecule has 27 heavy (non-hydrogen) atoms. The van der Waals surface area contributed by atoms with E-state index in [0.717, 1.165) is 29.5 Å². The number of hydrogen-bond donors (Lipinski definition) is 1. The van der Waals surface area contributed by atoms with E-state index in [-0.39, 0.29) is 16.7 Å². The maximum atomic E-state index is 13.3. The number of hydrogen-bond acceptors (Lipinski definition) is 5. The van der Waals surface area contributed by atoms with Crippen LogP contribution in [0.4, 0.5) is 0 Å². The van der Waals surface area contributed by atoms with Crippen molar-refractivity contribution in [3.8, 4) is 0 Å². The van der Waals surface area contributed by atoms with Crippen LogP contribution < -0.4 is 10.9 Å². The van der Waals surface area contributed by atoms with Crippen LogP contribution in [-0.4, -0.2) is 27.3 Å². The first-order chi connectivity index (χ1) is 13.1. The zero-order valence-electron chi connectivity index (χ0n) is 15.6. The molecule has 2 aromatic rings. The van der Waals surface area contributed by atoms with Crippen molar-refractivity contribution in [3.05, 3.63) is 46.1 Å². The lowest BCUT2D eigenvalue weighted by Gasteiger charge is -2.14. The zero-order chi connectivity index (χ0) is 19.4. The van der Waals surface area contributed by atoms with E-state index in [2.05, 4.69) is 18.5 Å². The maximum Gasteiger partial charge on any atom is 0.263 e. The minimum atomic E-state index is -0.358. The number of nitrogens with zero attached hydrogens (tertiary/aromatic N) is 2. The van der Waals surface area contributed by atoms with Crippen molar-refractivity contribution >= 4 is 39.2 Å². The topological polar surface area (TPSA) is 64.0 Å². The largest absolute Gasteiger partial charge is 0.352 e. The molecule has 0 fully saturated rings. The molecule has 5 nitrogen and oxygen atoms in total. The highest BCUT2D eigenvalue weighted by Gasteiger charge is 2.23. The Labute approximate surface area is 167 Å². The standard InChI is InChI=1S/C20H25N3O2S2/c1-4-11-21-17(24)13(3)26-20-22-18-16(19(25)23(20)12-5-2)14-9-7-6-8-10-15(14)27-18/h4-5,13H,1-2,6-12H2,3H3,(H,21,24)/t13-/m0/s1. The summed E-state index contributed by atoms with van der Waals surface area (Å²) in [4.78, 5) is 32.4. The molecule has 3 rings (SSSR count). The smallest absolute Gasteiger partial charge is 0.263 e. The quantitative estimate of drug-likeness (QED) is 0.331. The molecule has 0 saturated carbocycles. The number of carbonyl (C=O) groups excluding carboxylic acids is 1. The zero-order valence-corrected chi connectivity index (χ0v) is 17.3. The number of carbonyl (C=O) groups is 1. The van der Waals surface area contributed by atoms with Gasteiger partial charge in [-0.25, -0.2) is 4.98 Å². The lowest BCUT2D eigenvalue weighted by atomic mass is 10.1. The minimum absolute atomic E-state index is 0.0134. The summed E-state index contributed by atoms with van der Waals surface area (Å²) in [6.07, 6.45) is 8.83. The van der Waals surface area contributed by atoms with Gasteiger partial charge in [-0.2, -0.15) is 0 Å². The second-order valence-electron chi connectivity index (χ2n) is 6.64. The Morgan fingerprint density at radius 2 is 2.11 bits per heavy atom. The molecular formula is C20H25N3O2S2. The van der Waals surface area contributed by atoms with E-state index in [1.165, 1.54) is 35.0 Å². The number of allylic oxidation sites excluding steroid dienone is 1. The minimum Gasteiger partial charge on any atom is -0.352 e. The van der Waals surface area contributed by atoms with E-state index in [1.807, 2.05) is 6.92 Å². The number of aromatic nitrogens is 2. The summed E-state index contributed by atoms with van der Waals surface area (Å²) in [6.45, 7) is 10.0. The van der Waals surface area contributed by atoms with E-state index >= 15 is 0 Å². The Morgan fingerprint density at radius 3 is 2.85 bits per heavy atom. The summed E-state index contributed by atoms with van der Waals surface area (Å²) >= 11 is 2.95. The molecule has 1 aliphatic carbocycles. The summed E-state index contributed by atoms with van der Waals surface area (Å²) in [5.74, 6) is -0.0960. The Hall–Kier alpha value is -1.86. The van der Waals surface area contributed by atoms with Crippen LogP contribution in [0.25, 0.3) is 10.2 Å². The first-order valence-corrected chi connectivity index (χ1v) is 11.0. The fourth-order valence-corrected chi connectivity index (χ4v) is 5.55. The van der Waals surface area contributed by atoms with E-state index < -0.39 is 0 Å². The SMILES string of the molecule is C=CCNC(=O)[C@H](C)Sc1nc2sc3c(c2c(=O)n1CC=C)CCCCC3. The molecule has 144 valence electrons. The Kier molecular flexibility index (Phi) is 6.55. The second-order valence-corrected chi connectivity index (χ2v) is 9.03. The predicted molar refractivity (Wildman–Crippen MR) is 114 cm³/mol. The molecule has 0 saturated heterocycles. The van der Waals surface area contributed by atoms with Crippen molar-refractivity contribution in [2.75, 3.05) is 6.54 Å². The average Bonchev–Trinajstić information content (AvgIpc) is 2.84. The third-order valence-electron chi connectivity index (χ3n) is 4.67. The summed E-state index contributed by atoms with van der Waals surface area (Å²) in [5.41, 5.74) is 1.18.